The van der Waals surface area contributed by atoms with E-state index in [-0.39, 0.29) is 11.9 Å². The van der Waals surface area contributed by atoms with Crippen LogP contribution in [0.5, 0.6) is 5.75 Å². The molecule has 0 spiro atoms. The first-order valence-corrected chi connectivity index (χ1v) is 12.5. The predicted octanol–water partition coefficient (Wildman–Crippen LogP) is 6.32. The molecule has 36 heavy (non-hydrogen) atoms. The number of oxazole rings is 1. The highest BCUT2D eigenvalue weighted by Gasteiger charge is 2.25. The second-order valence-electron chi connectivity index (χ2n) is 9.02. The van der Waals surface area contributed by atoms with Gasteiger partial charge in [0.05, 0.1) is 36.6 Å². The summed E-state index contributed by atoms with van der Waals surface area (Å²) in [6.45, 7) is 4.70. The molecule has 184 valence electrons. The molecule has 2 aromatic carbocycles. The van der Waals surface area contributed by atoms with E-state index in [9.17, 15) is 4.79 Å². The van der Waals surface area contributed by atoms with E-state index in [1.54, 1.807) is 6.20 Å². The molecule has 1 aliphatic carbocycles. The number of carbonyl (C=O) groups is 1. The fourth-order valence-corrected chi connectivity index (χ4v) is 4.75. The van der Waals surface area contributed by atoms with E-state index >= 15 is 0 Å². The van der Waals surface area contributed by atoms with Crippen molar-refractivity contribution in [1.29, 1.82) is 0 Å². The Morgan fingerprint density at radius 3 is 2.72 bits per heavy atom. The molecule has 6 nitrogen and oxygen atoms in total. The highest BCUT2D eigenvalue weighted by molar-refractivity contribution is 5.71. The summed E-state index contributed by atoms with van der Waals surface area (Å²) in [5.41, 5.74) is 6.21. The van der Waals surface area contributed by atoms with Crippen LogP contribution in [0.15, 0.2) is 71.3 Å². The molecule has 0 unspecified atom stereocenters. The average Bonchev–Trinajstić information content (AvgIpc) is 3.47. The number of rotatable bonds is 9. The smallest absolute Gasteiger partial charge is 0.306 e. The molecule has 6 heteroatoms. The van der Waals surface area contributed by atoms with E-state index in [0.29, 0.717) is 31.9 Å². The second kappa shape index (κ2) is 10.8. The van der Waals surface area contributed by atoms with Crippen molar-refractivity contribution in [3.63, 3.8) is 0 Å². The van der Waals surface area contributed by atoms with Crippen molar-refractivity contribution in [1.82, 2.24) is 9.97 Å². The van der Waals surface area contributed by atoms with Crippen LogP contribution >= 0.6 is 0 Å². The minimum Gasteiger partial charge on any atom is -0.493 e. The van der Waals surface area contributed by atoms with Crippen LogP contribution in [0, 0.1) is 6.92 Å². The largest absolute Gasteiger partial charge is 0.493 e. The molecule has 2 heterocycles. The van der Waals surface area contributed by atoms with Crippen molar-refractivity contribution in [2.75, 3.05) is 13.2 Å². The monoisotopic (exact) mass is 482 g/mol. The van der Waals surface area contributed by atoms with Crippen molar-refractivity contribution >= 4 is 5.97 Å². The van der Waals surface area contributed by atoms with E-state index in [4.69, 9.17) is 18.9 Å². The first-order valence-electron chi connectivity index (χ1n) is 12.5. The SMILES string of the molecule is CCOC(=O)C[C@@H]1CCc2cc(OCCc3nc(-c4ccc(-c5ccccc5)nc4)oc3C)ccc21. The fourth-order valence-electron chi connectivity index (χ4n) is 4.75. The lowest BCUT2D eigenvalue weighted by molar-refractivity contribution is -0.143. The van der Waals surface area contributed by atoms with E-state index in [1.807, 2.05) is 62.4 Å². The molecule has 2 aromatic heterocycles. The minimum atomic E-state index is -0.124. The molecule has 5 rings (SSSR count). The summed E-state index contributed by atoms with van der Waals surface area (Å²) >= 11 is 0. The van der Waals surface area contributed by atoms with Gasteiger partial charge < -0.3 is 13.9 Å². The average molecular weight is 483 g/mol. The van der Waals surface area contributed by atoms with Crippen LogP contribution < -0.4 is 4.74 Å². The third-order valence-corrected chi connectivity index (χ3v) is 6.62. The maximum absolute atomic E-state index is 11.9. The molecule has 4 aromatic rings. The first-order chi connectivity index (χ1) is 17.6. The van der Waals surface area contributed by atoms with Gasteiger partial charge in [-0.05, 0) is 68.0 Å². The lowest BCUT2D eigenvalue weighted by atomic mass is 9.98. The molecule has 0 fully saturated rings. The van der Waals surface area contributed by atoms with Gasteiger partial charge in [-0.15, -0.1) is 0 Å². The van der Waals surface area contributed by atoms with Gasteiger partial charge in [-0.25, -0.2) is 4.98 Å². The number of benzene rings is 2. The Balaban J connectivity index is 1.18. The third kappa shape index (κ3) is 5.33. The topological polar surface area (TPSA) is 74.5 Å². The van der Waals surface area contributed by atoms with Crippen molar-refractivity contribution in [3.8, 4) is 28.5 Å². The van der Waals surface area contributed by atoms with Gasteiger partial charge in [0.2, 0.25) is 5.89 Å². The lowest BCUT2D eigenvalue weighted by Gasteiger charge is -2.12. The number of hydrogen-bond acceptors (Lipinski definition) is 6. The van der Waals surface area contributed by atoms with Crippen LogP contribution in [0.3, 0.4) is 0 Å². The maximum Gasteiger partial charge on any atom is 0.306 e. The van der Waals surface area contributed by atoms with Gasteiger partial charge in [0.15, 0.2) is 0 Å². The highest BCUT2D eigenvalue weighted by atomic mass is 16.5. The van der Waals surface area contributed by atoms with E-state index < -0.39 is 0 Å². The number of pyridine rings is 1. The normalized spacial score (nSPS) is 14.4. The van der Waals surface area contributed by atoms with Crippen LogP contribution in [-0.2, 0) is 22.4 Å². The first kappa shape index (κ1) is 23.8. The molecular formula is C30H30N2O4. The van der Waals surface area contributed by atoms with Crippen LogP contribution in [0.4, 0.5) is 0 Å². The number of esters is 1. The summed E-state index contributed by atoms with van der Waals surface area (Å²) in [7, 11) is 0. The number of hydrogen-bond donors (Lipinski definition) is 0. The van der Waals surface area contributed by atoms with Gasteiger partial charge in [0.1, 0.15) is 11.5 Å². The molecule has 0 radical (unpaired) electrons. The van der Waals surface area contributed by atoms with E-state index in [2.05, 4.69) is 17.1 Å². The summed E-state index contributed by atoms with van der Waals surface area (Å²) in [4.78, 5) is 21.1. The lowest BCUT2D eigenvalue weighted by Crippen LogP contribution is -2.08. The molecular weight excluding hydrogens is 452 g/mol. The fraction of sp³-hybridized carbons (Fsp3) is 0.300. The number of carbonyl (C=O) groups excluding carboxylic acids is 1. The molecule has 0 bridgehead atoms. The van der Waals surface area contributed by atoms with E-state index in [0.717, 1.165) is 46.9 Å². The Hall–Kier alpha value is -3.93. The molecule has 0 aliphatic heterocycles. The predicted molar refractivity (Wildman–Crippen MR) is 138 cm³/mol. The van der Waals surface area contributed by atoms with E-state index in [1.165, 1.54) is 11.1 Å². The maximum atomic E-state index is 11.9. The van der Waals surface area contributed by atoms with Crippen molar-refractivity contribution in [2.45, 2.75) is 45.4 Å². The molecule has 0 saturated carbocycles. The number of fused-ring (bicyclic) bond motifs is 1. The summed E-state index contributed by atoms with van der Waals surface area (Å²) in [6, 6.07) is 20.2. The third-order valence-electron chi connectivity index (χ3n) is 6.62. The Kier molecular flexibility index (Phi) is 7.12. The van der Waals surface area contributed by atoms with Crippen molar-refractivity contribution < 1.29 is 18.7 Å². The zero-order valence-corrected chi connectivity index (χ0v) is 20.7. The van der Waals surface area contributed by atoms with Gasteiger partial charge in [-0.3, -0.25) is 9.78 Å². The molecule has 1 atom stereocenters. The Morgan fingerprint density at radius 1 is 1.08 bits per heavy atom. The van der Waals surface area contributed by atoms with Gasteiger partial charge in [-0.1, -0.05) is 36.4 Å². The number of aromatic nitrogens is 2. The molecule has 1 aliphatic rings. The highest BCUT2D eigenvalue weighted by Crippen LogP contribution is 2.37. The number of aryl methyl sites for hydroxylation is 2. The summed E-state index contributed by atoms with van der Waals surface area (Å²) < 4.78 is 17.1. The Labute approximate surface area is 211 Å². The number of ether oxygens (including phenoxy) is 2. The molecule has 0 saturated heterocycles. The number of nitrogens with zero attached hydrogens (tertiary/aromatic N) is 2. The summed E-state index contributed by atoms with van der Waals surface area (Å²) in [6.07, 6.45) is 4.82. The molecule has 0 N–H and O–H groups in total. The zero-order chi connectivity index (χ0) is 24.9. The quantitative estimate of drug-likeness (QED) is 0.260. The van der Waals surface area contributed by atoms with Crippen LogP contribution in [0.2, 0.25) is 0 Å². The van der Waals surface area contributed by atoms with Gasteiger partial charge in [0, 0.05) is 18.2 Å². The molecule has 0 amide bonds. The van der Waals surface area contributed by atoms with Gasteiger partial charge >= 0.3 is 5.97 Å². The zero-order valence-electron chi connectivity index (χ0n) is 20.7. The Morgan fingerprint density at radius 2 is 1.94 bits per heavy atom. The van der Waals surface area contributed by atoms with Crippen molar-refractivity contribution in [3.05, 3.63) is 89.4 Å². The Bertz CT molecular complexity index is 1330. The van der Waals surface area contributed by atoms with Crippen LogP contribution in [-0.4, -0.2) is 29.2 Å². The summed E-state index contributed by atoms with van der Waals surface area (Å²) in [5.74, 6) is 2.31. The van der Waals surface area contributed by atoms with Crippen LogP contribution in [0.1, 0.15) is 48.3 Å². The van der Waals surface area contributed by atoms with Crippen molar-refractivity contribution in [2.24, 2.45) is 0 Å². The second-order valence-corrected chi connectivity index (χ2v) is 9.02. The standard InChI is InChI=1S/C30H30N2O4/c1-3-34-29(33)18-23-10-9-22-17-25(12-13-26(22)23)35-16-15-27-20(2)36-30(32-27)24-11-14-28(31-19-24)21-7-5-4-6-8-21/h4-8,11-14,17,19,23H,3,9-10,15-16,18H2,1-2H3/t23-/m0/s1. The van der Waals surface area contributed by atoms with Gasteiger partial charge in [-0.2, -0.15) is 0 Å². The minimum absolute atomic E-state index is 0.124. The summed E-state index contributed by atoms with van der Waals surface area (Å²) in [5, 5.41) is 0. The van der Waals surface area contributed by atoms with Crippen LogP contribution in [0.25, 0.3) is 22.7 Å². The van der Waals surface area contributed by atoms with Gasteiger partial charge in [0.25, 0.3) is 0 Å².